The van der Waals surface area contributed by atoms with Crippen molar-refractivity contribution in [2.75, 3.05) is 0 Å². The van der Waals surface area contributed by atoms with Crippen molar-refractivity contribution < 1.29 is 47.6 Å². The first-order valence-electron chi connectivity index (χ1n) is 13.6. The summed E-state index contributed by atoms with van der Waals surface area (Å²) in [4.78, 5) is 30.5. The van der Waals surface area contributed by atoms with Crippen molar-refractivity contribution >= 4 is 29.2 Å². The first-order chi connectivity index (χ1) is 18.5. The minimum absolute atomic E-state index is 0.198. The zero-order chi connectivity index (χ0) is 29.8. The molecule has 9 atom stereocenters. The molecule has 1 aromatic rings. The standard InChI is InChI=1S/C28H38F3NO7S/c1-13(6-17-12-40-22(11-33)32-17)19-8-21-27(39-21,28(29,30)31)10-16-7-18(16)14(2)24(36)15(3)25(37)26(4,5)20(34)9-23(35)38-19/h6,12,14-16,18-21,24,33-34,36H,7-11H2,1-5H3/t14-,15+,16?,18?,19-,20-,21?,24-,27?/m0/s1. The van der Waals surface area contributed by atoms with Crippen LogP contribution in [0.2, 0.25) is 0 Å². The van der Waals surface area contributed by atoms with Gasteiger partial charge in [-0.15, -0.1) is 11.3 Å². The summed E-state index contributed by atoms with van der Waals surface area (Å²) >= 11 is 1.21. The molecule has 3 N–H and O–H groups in total. The molecule has 8 nitrogen and oxygen atoms in total. The van der Waals surface area contributed by atoms with Crippen molar-refractivity contribution in [3.63, 3.8) is 0 Å². The first-order valence-corrected chi connectivity index (χ1v) is 14.5. The lowest BCUT2D eigenvalue weighted by Gasteiger charge is -2.34. The Balaban J connectivity index is 1.66. The zero-order valence-electron chi connectivity index (χ0n) is 23.3. The quantitative estimate of drug-likeness (QED) is 0.356. The number of aliphatic hydroxyl groups is 3. The zero-order valence-corrected chi connectivity index (χ0v) is 24.1. The van der Waals surface area contributed by atoms with Gasteiger partial charge in [0.1, 0.15) is 23.0 Å². The minimum Gasteiger partial charge on any atom is -0.458 e. The van der Waals surface area contributed by atoms with Gasteiger partial charge in [0.25, 0.3) is 0 Å². The lowest BCUT2D eigenvalue weighted by atomic mass is 9.72. The summed E-state index contributed by atoms with van der Waals surface area (Å²) < 4.78 is 54.1. The molecule has 2 aliphatic heterocycles. The largest absolute Gasteiger partial charge is 0.458 e. The normalized spacial score (nSPS) is 39.2. The van der Waals surface area contributed by atoms with E-state index in [2.05, 4.69) is 4.98 Å². The molecule has 1 saturated carbocycles. The Kier molecular flexibility index (Phi) is 8.62. The van der Waals surface area contributed by atoms with E-state index in [0.29, 0.717) is 22.7 Å². The molecule has 0 bridgehead atoms. The fraction of sp³-hybridized carbons (Fsp3) is 0.750. The summed E-state index contributed by atoms with van der Waals surface area (Å²) in [5.74, 6) is -3.19. The van der Waals surface area contributed by atoms with Crippen molar-refractivity contribution in [2.45, 2.75) is 103 Å². The number of halogens is 3. The molecule has 0 aromatic carbocycles. The number of carbonyl (C=O) groups excluding carboxylic acids is 2. The van der Waals surface area contributed by atoms with Crippen LogP contribution in [0.15, 0.2) is 11.0 Å². The van der Waals surface area contributed by atoms with Crippen molar-refractivity contribution in [2.24, 2.45) is 29.1 Å². The molecule has 4 unspecified atom stereocenters. The molecular weight excluding hydrogens is 551 g/mol. The van der Waals surface area contributed by atoms with Gasteiger partial charge in [-0.2, -0.15) is 13.2 Å². The summed E-state index contributed by atoms with van der Waals surface area (Å²) in [6.45, 7) is 7.63. The van der Waals surface area contributed by atoms with Crippen LogP contribution in [0.1, 0.15) is 71.0 Å². The number of ether oxygens (including phenoxy) is 2. The SMILES string of the molecule is CC(=Cc1csc(CO)n1)[C@@H]1CC2OC2(C(F)(F)F)CC2CC2[C@H](C)[C@H](O)[C@@H](C)C(=O)C(C)(C)[C@@H](O)CC(=O)O1. The molecule has 0 spiro atoms. The highest BCUT2D eigenvalue weighted by molar-refractivity contribution is 7.09. The number of aliphatic hydroxyl groups excluding tert-OH is 3. The molecule has 0 amide bonds. The van der Waals surface area contributed by atoms with Gasteiger partial charge in [-0.1, -0.05) is 27.7 Å². The van der Waals surface area contributed by atoms with Crippen LogP contribution >= 0.6 is 11.3 Å². The maximum Gasteiger partial charge on any atom is 0.420 e. The van der Waals surface area contributed by atoms with Crippen LogP contribution in [0.4, 0.5) is 13.2 Å². The monoisotopic (exact) mass is 589 g/mol. The van der Waals surface area contributed by atoms with Crippen LogP contribution in [-0.2, 0) is 25.7 Å². The fourth-order valence-corrected chi connectivity index (χ4v) is 6.70. The van der Waals surface area contributed by atoms with Crippen LogP contribution in [0, 0.1) is 29.1 Å². The summed E-state index contributed by atoms with van der Waals surface area (Å²) in [6, 6.07) is 0. The maximum absolute atomic E-state index is 14.4. The number of thiazole rings is 1. The van der Waals surface area contributed by atoms with Crippen molar-refractivity contribution in [1.29, 1.82) is 0 Å². The molecule has 1 aliphatic carbocycles. The number of nitrogens with zero attached hydrogens (tertiary/aromatic N) is 1. The Labute approximate surface area is 235 Å². The highest BCUT2D eigenvalue weighted by atomic mass is 32.1. The van der Waals surface area contributed by atoms with Crippen LogP contribution in [0.5, 0.6) is 0 Å². The fourth-order valence-electron chi connectivity index (χ4n) is 6.09. The smallest absolute Gasteiger partial charge is 0.420 e. The number of carbonyl (C=O) groups is 2. The second kappa shape index (κ2) is 11.1. The number of hydrogen-bond acceptors (Lipinski definition) is 9. The maximum atomic E-state index is 14.4. The summed E-state index contributed by atoms with van der Waals surface area (Å²) in [5.41, 5.74) is -2.88. The van der Waals surface area contributed by atoms with E-state index in [1.54, 1.807) is 32.2 Å². The van der Waals surface area contributed by atoms with E-state index in [1.807, 2.05) is 0 Å². The molecule has 40 heavy (non-hydrogen) atoms. The molecule has 224 valence electrons. The number of Topliss-reactive ketones (excluding diaryl/α,β-unsaturated/α-hetero) is 1. The lowest BCUT2D eigenvalue weighted by molar-refractivity contribution is -0.187. The summed E-state index contributed by atoms with van der Waals surface area (Å²) in [7, 11) is 0. The molecule has 3 aliphatic rings. The Morgan fingerprint density at radius 3 is 2.50 bits per heavy atom. The third-order valence-corrected chi connectivity index (χ3v) is 9.95. The summed E-state index contributed by atoms with van der Waals surface area (Å²) in [6.07, 6.45) is -8.58. The first kappa shape index (κ1) is 31.1. The van der Waals surface area contributed by atoms with Crippen molar-refractivity contribution in [3.05, 3.63) is 21.7 Å². The minimum atomic E-state index is -4.65. The molecule has 2 saturated heterocycles. The van der Waals surface area contributed by atoms with E-state index < -0.39 is 71.6 Å². The number of fused-ring (bicyclic) bond motifs is 2. The Hall–Kier alpha value is -1.86. The number of ketones is 1. The van der Waals surface area contributed by atoms with E-state index >= 15 is 0 Å². The molecule has 3 heterocycles. The predicted octanol–water partition coefficient (Wildman–Crippen LogP) is 4.06. The van der Waals surface area contributed by atoms with Gasteiger partial charge in [0.05, 0.1) is 36.3 Å². The van der Waals surface area contributed by atoms with Crippen LogP contribution < -0.4 is 0 Å². The third-order valence-electron chi connectivity index (χ3n) is 9.10. The van der Waals surface area contributed by atoms with Gasteiger partial charge in [-0.05, 0) is 49.2 Å². The van der Waals surface area contributed by atoms with Gasteiger partial charge in [0.15, 0.2) is 5.60 Å². The third kappa shape index (κ3) is 6.01. The number of epoxide rings is 1. The van der Waals surface area contributed by atoms with E-state index in [9.17, 15) is 38.1 Å². The molecule has 3 fully saturated rings. The van der Waals surface area contributed by atoms with Gasteiger partial charge in [0, 0.05) is 17.7 Å². The van der Waals surface area contributed by atoms with Gasteiger partial charge < -0.3 is 24.8 Å². The predicted molar refractivity (Wildman–Crippen MR) is 140 cm³/mol. The van der Waals surface area contributed by atoms with Crippen LogP contribution in [0.25, 0.3) is 6.08 Å². The Bertz CT molecular complexity index is 1150. The van der Waals surface area contributed by atoms with Crippen LogP contribution in [-0.4, -0.2) is 68.2 Å². The number of esters is 1. The Morgan fingerprint density at radius 2 is 1.90 bits per heavy atom. The van der Waals surface area contributed by atoms with E-state index in [1.165, 1.54) is 25.2 Å². The average molecular weight is 590 g/mol. The van der Waals surface area contributed by atoms with Crippen LogP contribution in [0.3, 0.4) is 0 Å². The number of rotatable bonds is 3. The highest BCUT2D eigenvalue weighted by Gasteiger charge is 2.74. The van der Waals surface area contributed by atoms with Gasteiger partial charge >= 0.3 is 12.1 Å². The van der Waals surface area contributed by atoms with Crippen molar-refractivity contribution in [1.82, 2.24) is 4.98 Å². The van der Waals surface area contributed by atoms with E-state index in [-0.39, 0.29) is 31.3 Å². The molecule has 12 heteroatoms. The second-order valence-corrected chi connectivity index (χ2v) is 13.2. The highest BCUT2D eigenvalue weighted by Crippen LogP contribution is 2.61. The molecular formula is C28H38F3NO7S. The van der Waals surface area contributed by atoms with E-state index in [4.69, 9.17) is 9.47 Å². The van der Waals surface area contributed by atoms with Crippen molar-refractivity contribution in [3.8, 4) is 0 Å². The average Bonchev–Trinajstić information content (AvgIpc) is 3.75. The number of aromatic nitrogens is 1. The lowest BCUT2D eigenvalue weighted by Crippen LogP contribution is -2.46. The van der Waals surface area contributed by atoms with Gasteiger partial charge in [0.2, 0.25) is 0 Å². The molecule has 1 aromatic heterocycles. The van der Waals surface area contributed by atoms with Gasteiger partial charge in [-0.25, -0.2) is 4.98 Å². The van der Waals surface area contributed by atoms with E-state index in [0.717, 1.165) is 0 Å². The summed E-state index contributed by atoms with van der Waals surface area (Å²) in [5, 5.41) is 33.3. The number of cyclic esters (lactones) is 1. The molecule has 4 rings (SSSR count). The van der Waals surface area contributed by atoms with Gasteiger partial charge in [-0.3, -0.25) is 9.59 Å². The Morgan fingerprint density at radius 1 is 1.23 bits per heavy atom. The molecule has 0 radical (unpaired) electrons. The topological polar surface area (TPSA) is 129 Å². The number of hydrogen-bond donors (Lipinski definition) is 3. The number of alkyl halides is 3. The second-order valence-electron chi connectivity index (χ2n) is 12.2.